The molecule has 134 valence electrons. The van der Waals surface area contributed by atoms with E-state index in [4.69, 9.17) is 4.74 Å². The summed E-state index contributed by atoms with van der Waals surface area (Å²) in [5.74, 6) is -0.521. The average Bonchev–Trinajstić information content (AvgIpc) is 2.79. The second-order valence-corrected chi connectivity index (χ2v) is 6.31. The van der Waals surface area contributed by atoms with E-state index in [1.165, 1.54) is 12.1 Å². The van der Waals surface area contributed by atoms with E-state index in [1.54, 1.807) is 28.6 Å². The molecule has 0 unspecified atom stereocenters. The number of rotatable bonds is 3. The second-order valence-electron chi connectivity index (χ2n) is 6.31. The molecule has 1 amide bonds. The zero-order valence-electron chi connectivity index (χ0n) is 14.4. The molecule has 0 radical (unpaired) electrons. The lowest BCUT2D eigenvalue weighted by Gasteiger charge is -2.22. The standard InChI is InChI=1S/C18H22FN3O3/c1-12-17(18(24)21-7-8-25-11-14(9-21)10-23)13(2)22(20-12)16-5-3-15(19)4-6-16/h3-6,14,23H,7-11H2,1-2H3/t14-/m0/s1. The summed E-state index contributed by atoms with van der Waals surface area (Å²) in [6.07, 6.45) is 0. The number of ether oxygens (including phenoxy) is 1. The van der Waals surface area contributed by atoms with Crippen LogP contribution in [0.3, 0.4) is 0 Å². The summed E-state index contributed by atoms with van der Waals surface area (Å²) in [5.41, 5.74) is 2.58. The van der Waals surface area contributed by atoms with Crippen LogP contribution in [0.2, 0.25) is 0 Å². The number of halogens is 1. The predicted molar refractivity (Wildman–Crippen MR) is 90.3 cm³/mol. The molecule has 6 nitrogen and oxygen atoms in total. The van der Waals surface area contributed by atoms with Crippen molar-refractivity contribution in [3.05, 3.63) is 47.0 Å². The van der Waals surface area contributed by atoms with Gasteiger partial charge in [-0.2, -0.15) is 5.10 Å². The molecule has 2 heterocycles. The normalized spacial score (nSPS) is 18.2. The molecule has 1 atom stereocenters. The molecule has 0 saturated carbocycles. The first-order valence-corrected chi connectivity index (χ1v) is 8.31. The van der Waals surface area contributed by atoms with Crippen LogP contribution in [0.25, 0.3) is 5.69 Å². The zero-order valence-corrected chi connectivity index (χ0v) is 14.4. The Labute approximate surface area is 145 Å². The lowest BCUT2D eigenvalue weighted by Crippen LogP contribution is -2.37. The van der Waals surface area contributed by atoms with E-state index in [1.807, 2.05) is 6.92 Å². The number of aromatic nitrogens is 2. The van der Waals surface area contributed by atoms with Crippen molar-refractivity contribution in [3.63, 3.8) is 0 Å². The van der Waals surface area contributed by atoms with Gasteiger partial charge in [-0.1, -0.05) is 0 Å². The van der Waals surface area contributed by atoms with Gasteiger partial charge < -0.3 is 14.7 Å². The number of aliphatic hydroxyl groups is 1. The summed E-state index contributed by atoms with van der Waals surface area (Å²) < 4.78 is 20.2. The Morgan fingerprint density at radius 2 is 2.08 bits per heavy atom. The fraction of sp³-hybridized carbons (Fsp3) is 0.444. The van der Waals surface area contributed by atoms with Crippen molar-refractivity contribution >= 4 is 5.91 Å². The topological polar surface area (TPSA) is 67.6 Å². The van der Waals surface area contributed by atoms with Crippen LogP contribution in [0.4, 0.5) is 4.39 Å². The summed E-state index contributed by atoms with van der Waals surface area (Å²) in [5, 5.41) is 13.9. The molecule has 3 rings (SSSR count). The summed E-state index contributed by atoms with van der Waals surface area (Å²) in [7, 11) is 0. The Hall–Kier alpha value is -2.25. The van der Waals surface area contributed by atoms with Gasteiger partial charge in [0.2, 0.25) is 0 Å². The number of hydrogen-bond acceptors (Lipinski definition) is 4. The minimum atomic E-state index is -0.318. The quantitative estimate of drug-likeness (QED) is 0.918. The maximum Gasteiger partial charge on any atom is 0.257 e. The van der Waals surface area contributed by atoms with Crippen molar-refractivity contribution < 1.29 is 19.0 Å². The van der Waals surface area contributed by atoms with Crippen LogP contribution in [0.15, 0.2) is 24.3 Å². The van der Waals surface area contributed by atoms with Crippen molar-refractivity contribution in [2.75, 3.05) is 32.9 Å². The van der Waals surface area contributed by atoms with E-state index in [-0.39, 0.29) is 24.2 Å². The summed E-state index contributed by atoms with van der Waals surface area (Å²) in [6, 6.07) is 5.99. The number of benzene rings is 1. The first-order valence-electron chi connectivity index (χ1n) is 8.31. The SMILES string of the molecule is Cc1nn(-c2ccc(F)cc2)c(C)c1C(=O)N1CCOC[C@H](CO)C1. The Morgan fingerprint density at radius 3 is 2.76 bits per heavy atom. The number of aryl methyl sites for hydroxylation is 1. The molecule has 7 heteroatoms. The lowest BCUT2D eigenvalue weighted by atomic mass is 10.1. The Balaban J connectivity index is 1.91. The van der Waals surface area contributed by atoms with Crippen LogP contribution in [0.1, 0.15) is 21.7 Å². The molecule has 1 aromatic carbocycles. The third kappa shape index (κ3) is 3.57. The van der Waals surface area contributed by atoms with Gasteiger partial charge >= 0.3 is 0 Å². The van der Waals surface area contributed by atoms with Crippen molar-refractivity contribution in [2.24, 2.45) is 5.92 Å². The van der Waals surface area contributed by atoms with E-state index in [0.29, 0.717) is 48.9 Å². The smallest absolute Gasteiger partial charge is 0.257 e. The van der Waals surface area contributed by atoms with Gasteiger partial charge in [-0.15, -0.1) is 0 Å². The Bertz CT molecular complexity index is 758. The number of carbonyl (C=O) groups is 1. The Morgan fingerprint density at radius 1 is 1.36 bits per heavy atom. The van der Waals surface area contributed by atoms with Gasteiger partial charge in [-0.25, -0.2) is 9.07 Å². The lowest BCUT2D eigenvalue weighted by molar-refractivity contribution is 0.0727. The molecule has 1 aliphatic heterocycles. The number of aliphatic hydroxyl groups excluding tert-OH is 1. The molecule has 25 heavy (non-hydrogen) atoms. The third-order valence-corrected chi connectivity index (χ3v) is 4.46. The van der Waals surface area contributed by atoms with E-state index < -0.39 is 0 Å². The van der Waals surface area contributed by atoms with E-state index >= 15 is 0 Å². The van der Waals surface area contributed by atoms with E-state index in [2.05, 4.69) is 5.10 Å². The van der Waals surface area contributed by atoms with Crippen LogP contribution in [-0.2, 0) is 4.74 Å². The van der Waals surface area contributed by atoms with Crippen molar-refractivity contribution in [1.82, 2.24) is 14.7 Å². The number of amides is 1. The molecule has 0 aliphatic carbocycles. The van der Waals surface area contributed by atoms with Gasteiger partial charge in [0.05, 0.1) is 35.9 Å². The highest BCUT2D eigenvalue weighted by molar-refractivity contribution is 5.96. The highest BCUT2D eigenvalue weighted by Gasteiger charge is 2.27. The fourth-order valence-corrected chi connectivity index (χ4v) is 3.12. The summed E-state index contributed by atoms with van der Waals surface area (Å²) in [6.45, 7) is 5.44. The first-order chi connectivity index (χ1) is 12.0. The number of carbonyl (C=O) groups excluding carboxylic acids is 1. The van der Waals surface area contributed by atoms with E-state index in [0.717, 1.165) is 0 Å². The molecular weight excluding hydrogens is 325 g/mol. The van der Waals surface area contributed by atoms with Crippen LogP contribution in [0, 0.1) is 25.6 Å². The Kier molecular flexibility index (Phi) is 5.15. The number of hydrogen-bond donors (Lipinski definition) is 1. The molecule has 2 aromatic rings. The van der Waals surface area contributed by atoms with Gasteiger partial charge in [-0.3, -0.25) is 4.79 Å². The first kappa shape index (κ1) is 17.6. The number of nitrogens with zero attached hydrogens (tertiary/aromatic N) is 3. The highest BCUT2D eigenvalue weighted by Crippen LogP contribution is 2.21. The van der Waals surface area contributed by atoms with Crippen LogP contribution in [-0.4, -0.2) is 58.6 Å². The molecule has 1 N–H and O–H groups in total. The zero-order chi connectivity index (χ0) is 18.0. The monoisotopic (exact) mass is 347 g/mol. The van der Waals surface area contributed by atoms with Gasteiger partial charge in [0.15, 0.2) is 0 Å². The molecule has 0 spiro atoms. The highest BCUT2D eigenvalue weighted by atomic mass is 19.1. The maximum absolute atomic E-state index is 13.1. The van der Waals surface area contributed by atoms with Crippen molar-refractivity contribution in [2.45, 2.75) is 13.8 Å². The molecule has 0 bridgehead atoms. The maximum atomic E-state index is 13.1. The molecule has 1 aromatic heterocycles. The van der Waals surface area contributed by atoms with Gasteiger partial charge in [0, 0.05) is 25.6 Å². The van der Waals surface area contributed by atoms with Crippen molar-refractivity contribution in [3.8, 4) is 5.69 Å². The van der Waals surface area contributed by atoms with Crippen molar-refractivity contribution in [1.29, 1.82) is 0 Å². The minimum Gasteiger partial charge on any atom is -0.396 e. The molecule has 1 aliphatic rings. The van der Waals surface area contributed by atoms with Gasteiger partial charge in [0.1, 0.15) is 5.82 Å². The summed E-state index contributed by atoms with van der Waals surface area (Å²) in [4.78, 5) is 14.7. The second kappa shape index (κ2) is 7.33. The minimum absolute atomic E-state index is 0.0173. The fourth-order valence-electron chi connectivity index (χ4n) is 3.12. The third-order valence-electron chi connectivity index (χ3n) is 4.46. The van der Waals surface area contributed by atoms with Crippen LogP contribution >= 0.6 is 0 Å². The largest absolute Gasteiger partial charge is 0.396 e. The molecule has 1 fully saturated rings. The average molecular weight is 347 g/mol. The van der Waals surface area contributed by atoms with Gasteiger partial charge in [-0.05, 0) is 38.1 Å². The molecular formula is C18H22FN3O3. The van der Waals surface area contributed by atoms with Crippen LogP contribution in [0.5, 0.6) is 0 Å². The summed E-state index contributed by atoms with van der Waals surface area (Å²) >= 11 is 0. The van der Waals surface area contributed by atoms with E-state index in [9.17, 15) is 14.3 Å². The van der Waals surface area contributed by atoms with Crippen LogP contribution < -0.4 is 0 Å². The molecule has 1 saturated heterocycles. The van der Waals surface area contributed by atoms with Gasteiger partial charge in [0.25, 0.3) is 5.91 Å². The predicted octanol–water partition coefficient (Wildman–Crippen LogP) is 1.71.